The van der Waals surface area contributed by atoms with Crippen LogP contribution in [0.4, 0.5) is 11.5 Å². The third kappa shape index (κ3) is 4.96. The molecule has 0 atom stereocenters. The number of nitrogens with zero attached hydrogens (tertiary/aromatic N) is 8. The van der Waals surface area contributed by atoms with Crippen LogP contribution in [0.15, 0.2) is 35.7 Å². The van der Waals surface area contributed by atoms with Gasteiger partial charge < -0.3 is 24.9 Å². The molecule has 4 rings (SSSR count). The Morgan fingerprint density at radius 2 is 1.97 bits per heavy atom. The van der Waals surface area contributed by atoms with Gasteiger partial charge in [0.05, 0.1) is 11.9 Å². The standard InChI is InChI=1S/C21H31N9O/c1-22-21(29-10-11-30(20(31)16-29)18-14-25-27(3)15-18)24-13-17-4-5-23-19(12-17)28-8-6-26(2)7-9-28/h4-5,12,14-15H,6-11,13,16H2,1-3H3,(H,22,24). The van der Waals surface area contributed by atoms with E-state index in [4.69, 9.17) is 0 Å². The predicted octanol–water partition coefficient (Wildman–Crippen LogP) is -0.00890. The number of piperazine rings is 2. The minimum absolute atomic E-state index is 0.0449. The van der Waals surface area contributed by atoms with Gasteiger partial charge in [-0.1, -0.05) is 0 Å². The van der Waals surface area contributed by atoms with Crippen molar-refractivity contribution in [1.82, 2.24) is 29.9 Å². The van der Waals surface area contributed by atoms with Crippen LogP contribution >= 0.6 is 0 Å². The number of carbonyl (C=O) groups is 1. The fourth-order valence-electron chi connectivity index (χ4n) is 3.97. The molecule has 0 aromatic carbocycles. The van der Waals surface area contributed by atoms with Crippen molar-refractivity contribution in [1.29, 1.82) is 0 Å². The van der Waals surface area contributed by atoms with Gasteiger partial charge in [-0.2, -0.15) is 5.10 Å². The molecule has 0 spiro atoms. The molecule has 31 heavy (non-hydrogen) atoms. The lowest BCUT2D eigenvalue weighted by molar-refractivity contribution is -0.120. The van der Waals surface area contributed by atoms with E-state index in [1.54, 1.807) is 22.8 Å². The first kappa shape index (κ1) is 21.1. The molecule has 10 heteroatoms. The number of carbonyl (C=O) groups excluding carboxylic acids is 1. The second-order valence-corrected chi connectivity index (χ2v) is 8.05. The van der Waals surface area contributed by atoms with Crippen LogP contribution in [0.5, 0.6) is 0 Å². The van der Waals surface area contributed by atoms with E-state index < -0.39 is 0 Å². The van der Waals surface area contributed by atoms with Crippen molar-refractivity contribution in [3.63, 3.8) is 0 Å². The number of anilines is 2. The number of rotatable bonds is 4. The Morgan fingerprint density at radius 3 is 2.65 bits per heavy atom. The Hall–Kier alpha value is -3.14. The van der Waals surface area contributed by atoms with E-state index in [1.807, 2.05) is 30.4 Å². The number of aromatic nitrogens is 3. The van der Waals surface area contributed by atoms with Gasteiger partial charge in [-0.3, -0.25) is 14.5 Å². The first-order chi connectivity index (χ1) is 15.0. The molecule has 2 aromatic rings. The maximum Gasteiger partial charge on any atom is 0.246 e. The zero-order valence-corrected chi connectivity index (χ0v) is 18.5. The summed E-state index contributed by atoms with van der Waals surface area (Å²) in [4.78, 5) is 30.1. The summed E-state index contributed by atoms with van der Waals surface area (Å²) in [5.74, 6) is 1.79. The number of nitrogens with one attached hydrogen (secondary N) is 1. The van der Waals surface area contributed by atoms with Gasteiger partial charge in [-0.05, 0) is 24.7 Å². The zero-order chi connectivity index (χ0) is 21.8. The van der Waals surface area contributed by atoms with Gasteiger partial charge in [-0.25, -0.2) is 4.98 Å². The topological polar surface area (TPSA) is 85.1 Å². The average molecular weight is 426 g/mol. The zero-order valence-electron chi connectivity index (χ0n) is 18.5. The Morgan fingerprint density at radius 1 is 1.16 bits per heavy atom. The summed E-state index contributed by atoms with van der Waals surface area (Å²) in [6.45, 7) is 6.32. The van der Waals surface area contributed by atoms with Crippen molar-refractivity contribution in [2.24, 2.45) is 12.0 Å². The van der Waals surface area contributed by atoms with Crippen LogP contribution in [-0.4, -0.2) is 96.3 Å². The van der Waals surface area contributed by atoms with Gasteiger partial charge in [-0.15, -0.1) is 0 Å². The summed E-state index contributed by atoms with van der Waals surface area (Å²) < 4.78 is 1.71. The second kappa shape index (κ2) is 9.34. The highest BCUT2D eigenvalue weighted by molar-refractivity contribution is 5.98. The molecule has 0 aliphatic carbocycles. The van der Waals surface area contributed by atoms with E-state index >= 15 is 0 Å². The minimum atomic E-state index is 0.0449. The summed E-state index contributed by atoms with van der Waals surface area (Å²) >= 11 is 0. The normalized spacial score (nSPS) is 18.6. The van der Waals surface area contributed by atoms with Crippen molar-refractivity contribution in [3.8, 4) is 0 Å². The van der Waals surface area contributed by atoms with Crippen LogP contribution in [0.3, 0.4) is 0 Å². The molecule has 2 fully saturated rings. The lowest BCUT2D eigenvalue weighted by Crippen LogP contribution is -2.55. The number of hydrogen-bond acceptors (Lipinski definition) is 6. The Labute approximate surface area is 183 Å². The number of aryl methyl sites for hydroxylation is 1. The van der Waals surface area contributed by atoms with Gasteiger partial charge in [0.15, 0.2) is 5.96 Å². The molecule has 0 radical (unpaired) electrons. The third-order valence-corrected chi connectivity index (χ3v) is 5.82. The first-order valence-corrected chi connectivity index (χ1v) is 10.7. The molecule has 0 unspecified atom stereocenters. The van der Waals surface area contributed by atoms with Crippen molar-refractivity contribution < 1.29 is 4.79 Å². The minimum Gasteiger partial charge on any atom is -0.354 e. The lowest BCUT2D eigenvalue weighted by Gasteiger charge is -2.35. The van der Waals surface area contributed by atoms with E-state index in [1.165, 1.54) is 0 Å². The van der Waals surface area contributed by atoms with Crippen molar-refractivity contribution >= 4 is 23.4 Å². The fraction of sp³-hybridized carbons (Fsp3) is 0.524. The van der Waals surface area contributed by atoms with Gasteiger partial charge in [0.25, 0.3) is 0 Å². The van der Waals surface area contributed by atoms with Crippen LogP contribution < -0.4 is 15.1 Å². The molecule has 10 nitrogen and oxygen atoms in total. The highest BCUT2D eigenvalue weighted by Gasteiger charge is 2.27. The third-order valence-electron chi connectivity index (χ3n) is 5.82. The quantitative estimate of drug-likeness (QED) is 0.545. The highest BCUT2D eigenvalue weighted by Crippen LogP contribution is 2.17. The molecule has 0 saturated carbocycles. The van der Waals surface area contributed by atoms with Crippen LogP contribution in [0.1, 0.15) is 5.56 Å². The first-order valence-electron chi connectivity index (χ1n) is 10.7. The van der Waals surface area contributed by atoms with Crippen molar-refractivity contribution in [2.75, 3.05) is 69.7 Å². The SMILES string of the molecule is CN=C(NCc1ccnc(N2CCN(C)CC2)c1)N1CCN(c2cnn(C)c2)C(=O)C1. The summed E-state index contributed by atoms with van der Waals surface area (Å²) in [5, 5.41) is 7.57. The Kier molecular flexibility index (Phi) is 6.36. The molecule has 2 aliphatic rings. The van der Waals surface area contributed by atoms with Gasteiger partial charge in [0.2, 0.25) is 5.91 Å². The summed E-state index contributed by atoms with van der Waals surface area (Å²) in [6.07, 6.45) is 5.45. The van der Waals surface area contributed by atoms with Crippen molar-refractivity contribution in [2.45, 2.75) is 6.54 Å². The highest BCUT2D eigenvalue weighted by atomic mass is 16.2. The van der Waals surface area contributed by atoms with Gasteiger partial charge in [0, 0.05) is 72.3 Å². The molecule has 2 aliphatic heterocycles. The van der Waals surface area contributed by atoms with E-state index in [9.17, 15) is 4.79 Å². The van der Waals surface area contributed by atoms with Crippen LogP contribution in [-0.2, 0) is 18.4 Å². The Balaban J connectivity index is 1.34. The molecule has 1 amide bonds. The molecule has 2 aromatic heterocycles. The molecule has 0 bridgehead atoms. The lowest BCUT2D eigenvalue weighted by atomic mass is 10.2. The predicted molar refractivity (Wildman–Crippen MR) is 121 cm³/mol. The monoisotopic (exact) mass is 425 g/mol. The molecule has 1 N–H and O–H groups in total. The van der Waals surface area contributed by atoms with Gasteiger partial charge >= 0.3 is 0 Å². The van der Waals surface area contributed by atoms with Crippen LogP contribution in [0.2, 0.25) is 0 Å². The van der Waals surface area contributed by atoms with E-state index in [0.29, 0.717) is 19.6 Å². The van der Waals surface area contributed by atoms with E-state index in [-0.39, 0.29) is 12.5 Å². The smallest absolute Gasteiger partial charge is 0.246 e. The number of pyridine rings is 1. The van der Waals surface area contributed by atoms with E-state index in [0.717, 1.165) is 49.2 Å². The number of hydrogen-bond donors (Lipinski definition) is 1. The number of guanidine groups is 1. The maximum absolute atomic E-state index is 12.7. The van der Waals surface area contributed by atoms with Crippen LogP contribution in [0.25, 0.3) is 0 Å². The summed E-state index contributed by atoms with van der Waals surface area (Å²) in [5.41, 5.74) is 1.98. The number of aliphatic imine (C=N–C) groups is 1. The maximum atomic E-state index is 12.7. The molecular weight excluding hydrogens is 394 g/mol. The molecular formula is C21H31N9O. The van der Waals surface area contributed by atoms with Crippen LogP contribution in [0, 0.1) is 0 Å². The fourth-order valence-corrected chi connectivity index (χ4v) is 3.97. The molecule has 4 heterocycles. The second-order valence-electron chi connectivity index (χ2n) is 8.05. The summed E-state index contributed by atoms with van der Waals surface area (Å²) in [7, 11) is 5.75. The number of likely N-dealkylation sites (N-methyl/N-ethyl adjacent to an activating group) is 1. The largest absolute Gasteiger partial charge is 0.354 e. The number of amides is 1. The average Bonchev–Trinajstić information content (AvgIpc) is 3.21. The summed E-state index contributed by atoms with van der Waals surface area (Å²) in [6, 6.07) is 4.16. The van der Waals surface area contributed by atoms with Crippen molar-refractivity contribution in [3.05, 3.63) is 36.3 Å². The Bertz CT molecular complexity index is 932. The van der Waals surface area contributed by atoms with E-state index in [2.05, 4.69) is 43.3 Å². The molecule has 2 saturated heterocycles. The van der Waals surface area contributed by atoms with Gasteiger partial charge in [0.1, 0.15) is 12.4 Å². The molecule has 166 valence electrons.